The van der Waals surface area contributed by atoms with Crippen LogP contribution in [-0.2, 0) is 11.2 Å². The van der Waals surface area contributed by atoms with E-state index in [2.05, 4.69) is 26.4 Å². The summed E-state index contributed by atoms with van der Waals surface area (Å²) in [5, 5.41) is 15.8. The zero-order valence-electron chi connectivity index (χ0n) is 22.7. The summed E-state index contributed by atoms with van der Waals surface area (Å²) in [6, 6.07) is 3.44. The number of quaternary nitrogens is 1. The van der Waals surface area contributed by atoms with Crippen LogP contribution in [0.2, 0.25) is 0 Å². The first kappa shape index (κ1) is 26.2. The van der Waals surface area contributed by atoms with Crippen LogP contribution in [0.25, 0.3) is 28.1 Å². The summed E-state index contributed by atoms with van der Waals surface area (Å²) >= 11 is 0. The molecule has 0 bridgehead atoms. The van der Waals surface area contributed by atoms with Crippen LogP contribution in [0.4, 0.5) is 11.8 Å². The maximum Gasteiger partial charge on any atom is 0.254 e. The average molecular weight is 577 g/mol. The van der Waals surface area contributed by atoms with E-state index in [0.29, 0.717) is 66.5 Å². The van der Waals surface area contributed by atoms with Crippen molar-refractivity contribution in [1.29, 1.82) is 0 Å². The second-order valence-electron chi connectivity index (χ2n) is 10.7. The van der Waals surface area contributed by atoms with E-state index in [9.17, 15) is 9.59 Å². The van der Waals surface area contributed by atoms with Gasteiger partial charge in [0.1, 0.15) is 29.8 Å². The van der Waals surface area contributed by atoms with E-state index in [4.69, 9.17) is 28.8 Å². The lowest BCUT2D eigenvalue weighted by molar-refractivity contribution is -0.427. The highest BCUT2D eigenvalue weighted by Gasteiger charge is 2.28. The first-order valence-electron chi connectivity index (χ1n) is 13.9. The number of nitrogens with zero attached hydrogens (tertiary/aromatic N) is 6. The van der Waals surface area contributed by atoms with Gasteiger partial charge in [-0.25, -0.2) is 4.98 Å². The summed E-state index contributed by atoms with van der Waals surface area (Å²) in [7, 11) is 0. The van der Waals surface area contributed by atoms with E-state index >= 15 is 0 Å². The lowest BCUT2D eigenvalue weighted by Gasteiger charge is -2.27. The lowest BCUT2D eigenvalue weighted by Crippen LogP contribution is -2.68. The van der Waals surface area contributed by atoms with Gasteiger partial charge in [0.25, 0.3) is 5.91 Å². The van der Waals surface area contributed by atoms with E-state index in [1.807, 2.05) is 4.90 Å². The molecule has 6 heterocycles. The molecule has 0 unspecified atom stereocenters. The summed E-state index contributed by atoms with van der Waals surface area (Å²) in [4.78, 5) is 32.1. The largest absolute Gasteiger partial charge is 0.456 e. The Balaban J connectivity index is 1.23. The van der Waals surface area contributed by atoms with Crippen LogP contribution in [0.1, 0.15) is 47.4 Å². The zero-order valence-corrected chi connectivity index (χ0v) is 22.7. The smallest absolute Gasteiger partial charge is 0.254 e. The first-order valence-corrected chi connectivity index (χ1v) is 13.9. The molecule has 1 saturated carbocycles. The summed E-state index contributed by atoms with van der Waals surface area (Å²) in [6.45, 7) is 2.29. The second kappa shape index (κ2) is 10.6. The van der Waals surface area contributed by atoms with Gasteiger partial charge in [0.05, 0.1) is 36.7 Å². The number of primary amides is 1. The second-order valence-corrected chi connectivity index (χ2v) is 10.7. The number of fused-ring (bicyclic) bond motifs is 2. The molecule has 6 N–H and O–H groups in total. The van der Waals surface area contributed by atoms with Crippen molar-refractivity contribution in [2.75, 3.05) is 36.5 Å². The first-order chi connectivity index (χ1) is 20.5. The molecule has 2 atom stereocenters. The summed E-state index contributed by atoms with van der Waals surface area (Å²) < 4.78 is 24.3. The molecule has 0 radical (unpaired) electrons. The lowest BCUT2D eigenvalue weighted by atomic mass is 9.91. The number of hydrogen-bond donors (Lipinski definition) is 3. The Hall–Kier alpha value is -4.76. The number of ether oxygens (including phenoxy) is 1. The van der Waals surface area contributed by atoms with Crippen LogP contribution in [0.5, 0.6) is 0 Å². The fraction of sp³-hybridized carbons (Fsp3) is 0.407. The summed E-state index contributed by atoms with van der Waals surface area (Å²) in [5.41, 5.74) is 11.8. The van der Waals surface area contributed by atoms with Crippen LogP contribution in [-0.4, -0.2) is 69.0 Å². The number of nitrogens with one attached hydrogen (secondary N) is 1. The van der Waals surface area contributed by atoms with E-state index < -0.39 is 5.91 Å². The number of amides is 1. The molecule has 0 aromatic carbocycles. The molecule has 5 aromatic rings. The molecule has 0 spiro atoms. The molecule has 1 aliphatic heterocycles. The number of rotatable bonds is 7. The minimum absolute atomic E-state index is 0.0806. The van der Waals surface area contributed by atoms with Crippen molar-refractivity contribution >= 4 is 34.6 Å². The Morgan fingerprint density at radius 3 is 2.81 bits per heavy atom. The van der Waals surface area contributed by atoms with E-state index in [1.165, 1.54) is 18.7 Å². The Morgan fingerprint density at radius 1 is 1.17 bits per heavy atom. The van der Waals surface area contributed by atoms with Crippen molar-refractivity contribution in [1.82, 2.24) is 24.7 Å². The molecule has 5 aromatic heterocycles. The number of nitrogens with two attached hydrogens (primary N) is 1. The van der Waals surface area contributed by atoms with Crippen LogP contribution >= 0.6 is 0 Å². The Kier molecular flexibility index (Phi) is 6.59. The fourth-order valence-corrected chi connectivity index (χ4v) is 5.71. The molecule has 15 heteroatoms. The molecule has 7 rings (SSSR count). The molecule has 2 aliphatic rings. The predicted octanol–water partition coefficient (Wildman–Crippen LogP) is 0.970. The Morgan fingerprint density at radius 2 is 2.00 bits per heavy atom. The normalized spacial score (nSPS) is 19.5. The fourth-order valence-electron chi connectivity index (χ4n) is 5.71. The van der Waals surface area contributed by atoms with Gasteiger partial charge in [0, 0.05) is 32.0 Å². The van der Waals surface area contributed by atoms with Crippen molar-refractivity contribution < 1.29 is 28.6 Å². The highest BCUT2D eigenvalue weighted by molar-refractivity contribution is 6.00. The SMILES string of the molecule is NC(=O)c1c(Cc2cc(-c3coc4c(=O)cc(N5CCOCC5)oc34)on2)nc(N[C@H]2CCCC[C@H]2[NH3+])n2cnnc12. The van der Waals surface area contributed by atoms with Gasteiger partial charge < -0.3 is 39.8 Å². The number of aromatic nitrogens is 5. The highest BCUT2D eigenvalue weighted by Crippen LogP contribution is 2.33. The van der Waals surface area contributed by atoms with Crippen LogP contribution in [0.3, 0.4) is 0 Å². The molecule has 1 aliphatic carbocycles. The molecule has 1 saturated heterocycles. The predicted molar refractivity (Wildman–Crippen MR) is 148 cm³/mol. The molecular weight excluding hydrogens is 546 g/mol. The topological polar surface area (TPSA) is 208 Å². The van der Waals surface area contributed by atoms with Gasteiger partial charge in [-0.2, -0.15) is 0 Å². The van der Waals surface area contributed by atoms with Crippen molar-refractivity contribution in [2.45, 2.75) is 44.2 Å². The van der Waals surface area contributed by atoms with Crippen molar-refractivity contribution in [3.8, 4) is 11.3 Å². The number of morpholine rings is 1. The number of hydrogen-bond acceptors (Lipinski definition) is 12. The maximum absolute atomic E-state index is 12.8. The zero-order chi connectivity index (χ0) is 28.8. The summed E-state index contributed by atoms with van der Waals surface area (Å²) in [5.74, 6) is 0.572. The standard InChI is InChI=1S/C27H29N9O6/c28-16-3-1-2-4-17(16)31-27-32-18(22(25(29)38)26-33-30-13-36(26)27)9-14-10-20(42-34-14)15-12-40-24-19(37)11-21(41-23(15)24)35-5-7-39-8-6-35/h10-13,16-17H,1-9,28H2,(H2,29,38)(H,31,32)/p+1/t16-,17+/m1/s1. The van der Waals surface area contributed by atoms with Gasteiger partial charge in [0.15, 0.2) is 22.9 Å². The molecule has 2 fully saturated rings. The van der Waals surface area contributed by atoms with Crippen molar-refractivity contribution in [2.24, 2.45) is 5.73 Å². The molecular formula is C27H30N9O6+. The number of furan rings is 1. The third-order valence-electron chi connectivity index (χ3n) is 7.93. The average Bonchev–Trinajstić information content (AvgIpc) is 3.75. The van der Waals surface area contributed by atoms with Gasteiger partial charge >= 0.3 is 0 Å². The van der Waals surface area contributed by atoms with Gasteiger partial charge in [0.2, 0.25) is 17.0 Å². The van der Waals surface area contributed by atoms with E-state index in [-0.39, 0.29) is 40.7 Å². The maximum atomic E-state index is 12.8. The summed E-state index contributed by atoms with van der Waals surface area (Å²) in [6.07, 6.45) is 7.25. The van der Waals surface area contributed by atoms with Gasteiger partial charge in [-0.3, -0.25) is 14.0 Å². The minimum atomic E-state index is -0.684. The molecule has 218 valence electrons. The highest BCUT2D eigenvalue weighted by atomic mass is 16.5. The number of carbonyl (C=O) groups excluding carboxylic acids is 1. The quantitative estimate of drug-likeness (QED) is 0.248. The number of anilines is 2. The Bertz CT molecular complexity index is 1830. The van der Waals surface area contributed by atoms with Crippen LogP contribution in [0.15, 0.2) is 42.9 Å². The van der Waals surface area contributed by atoms with Crippen LogP contribution < -0.4 is 27.1 Å². The van der Waals surface area contributed by atoms with Crippen molar-refractivity contribution in [3.63, 3.8) is 0 Å². The Labute approximate surface area is 237 Å². The van der Waals surface area contributed by atoms with E-state index in [1.54, 1.807) is 10.5 Å². The third kappa shape index (κ3) is 4.65. The van der Waals surface area contributed by atoms with Gasteiger partial charge in [-0.05, 0) is 12.8 Å². The third-order valence-corrected chi connectivity index (χ3v) is 7.93. The molecule has 1 amide bonds. The van der Waals surface area contributed by atoms with Crippen molar-refractivity contribution in [3.05, 3.63) is 51.9 Å². The molecule has 42 heavy (non-hydrogen) atoms. The van der Waals surface area contributed by atoms with E-state index in [0.717, 1.165) is 25.7 Å². The minimum Gasteiger partial charge on any atom is -0.456 e. The number of carbonyl (C=O) groups is 1. The van der Waals surface area contributed by atoms with Gasteiger partial charge in [-0.15, -0.1) is 10.2 Å². The van der Waals surface area contributed by atoms with Crippen LogP contribution in [0, 0.1) is 0 Å². The van der Waals surface area contributed by atoms with Gasteiger partial charge in [-0.1, -0.05) is 11.6 Å². The molecule has 15 nitrogen and oxygen atoms in total. The monoisotopic (exact) mass is 576 g/mol.